The fourth-order valence-corrected chi connectivity index (χ4v) is 2.61. The van der Waals surface area contributed by atoms with Crippen molar-refractivity contribution in [3.8, 4) is 0 Å². The molecule has 20 heavy (non-hydrogen) atoms. The molecule has 2 aromatic rings. The second-order valence-electron chi connectivity index (χ2n) is 5.97. The molecule has 2 heteroatoms. The molecule has 0 unspecified atom stereocenters. The summed E-state index contributed by atoms with van der Waals surface area (Å²) in [6, 6.07) is 9.24. The predicted molar refractivity (Wildman–Crippen MR) is 88.2 cm³/mol. The maximum atomic E-state index is 4.03. The van der Waals surface area contributed by atoms with Crippen molar-refractivity contribution in [3.05, 3.63) is 48.2 Å². The molecule has 0 fully saturated rings. The van der Waals surface area contributed by atoms with Crippen LogP contribution in [-0.4, -0.2) is 17.2 Å². The van der Waals surface area contributed by atoms with Crippen molar-refractivity contribution in [3.63, 3.8) is 0 Å². The minimum absolute atomic E-state index is 0.569. The van der Waals surface area contributed by atoms with E-state index in [0.717, 1.165) is 19.5 Å². The first-order valence-corrected chi connectivity index (χ1v) is 7.52. The highest BCUT2D eigenvalue weighted by Gasteiger charge is 2.07. The molecule has 0 radical (unpaired) electrons. The van der Waals surface area contributed by atoms with Crippen LogP contribution < -0.4 is 5.32 Å². The zero-order chi connectivity index (χ0) is 14.5. The van der Waals surface area contributed by atoms with Gasteiger partial charge in [0.2, 0.25) is 0 Å². The number of fused-ring (bicyclic) bond motifs is 1. The van der Waals surface area contributed by atoms with Crippen molar-refractivity contribution in [1.82, 2.24) is 9.88 Å². The average Bonchev–Trinajstić information content (AvgIpc) is 2.73. The monoisotopic (exact) mass is 270 g/mol. The lowest BCUT2D eigenvalue weighted by atomic mass is 10.1. The lowest BCUT2D eigenvalue weighted by Crippen LogP contribution is -2.23. The number of aromatic nitrogens is 1. The Kier molecular flexibility index (Phi) is 5.02. The Hall–Kier alpha value is -1.54. The van der Waals surface area contributed by atoms with Crippen LogP contribution in [0.1, 0.15) is 32.8 Å². The molecule has 0 atom stereocenters. The minimum Gasteiger partial charge on any atom is -0.343 e. The van der Waals surface area contributed by atoms with Gasteiger partial charge >= 0.3 is 0 Å². The summed E-state index contributed by atoms with van der Waals surface area (Å²) >= 11 is 0. The maximum absolute atomic E-state index is 4.03. The Bertz CT molecular complexity index is 578. The van der Waals surface area contributed by atoms with Gasteiger partial charge in [-0.05, 0) is 37.9 Å². The molecular formula is C18H26N2. The topological polar surface area (TPSA) is 17.0 Å². The number of rotatable bonds is 7. The quantitative estimate of drug-likeness (QED) is 0.591. The van der Waals surface area contributed by atoms with E-state index in [0.29, 0.717) is 6.04 Å². The number of allylic oxidation sites excluding steroid dienone is 1. The summed E-state index contributed by atoms with van der Waals surface area (Å²) in [5.41, 5.74) is 3.97. The van der Waals surface area contributed by atoms with Crippen LogP contribution in [0.5, 0.6) is 0 Å². The molecule has 1 aromatic heterocycles. The SMILES string of the molecule is C=C(C)Cn1cc(CCCNC(C)C)c2ccccc21. The molecule has 0 saturated heterocycles. The summed E-state index contributed by atoms with van der Waals surface area (Å²) in [4.78, 5) is 0. The van der Waals surface area contributed by atoms with E-state index >= 15 is 0 Å². The van der Waals surface area contributed by atoms with Gasteiger partial charge in [-0.25, -0.2) is 0 Å². The summed E-state index contributed by atoms with van der Waals surface area (Å²) in [5.74, 6) is 0. The van der Waals surface area contributed by atoms with E-state index < -0.39 is 0 Å². The molecule has 1 N–H and O–H groups in total. The van der Waals surface area contributed by atoms with Crippen LogP contribution in [0.4, 0.5) is 0 Å². The van der Waals surface area contributed by atoms with E-state index in [1.54, 1.807) is 0 Å². The van der Waals surface area contributed by atoms with Crippen LogP contribution in [-0.2, 0) is 13.0 Å². The maximum Gasteiger partial charge on any atom is 0.0486 e. The summed E-state index contributed by atoms with van der Waals surface area (Å²) in [6.07, 6.45) is 4.61. The van der Waals surface area contributed by atoms with Gasteiger partial charge < -0.3 is 9.88 Å². The van der Waals surface area contributed by atoms with Gasteiger partial charge in [-0.3, -0.25) is 0 Å². The van der Waals surface area contributed by atoms with Gasteiger partial charge in [0.15, 0.2) is 0 Å². The molecular weight excluding hydrogens is 244 g/mol. The van der Waals surface area contributed by atoms with E-state index in [-0.39, 0.29) is 0 Å². The number of para-hydroxylation sites is 1. The second-order valence-corrected chi connectivity index (χ2v) is 5.97. The minimum atomic E-state index is 0.569. The van der Waals surface area contributed by atoms with Gasteiger partial charge in [0.05, 0.1) is 0 Å². The van der Waals surface area contributed by atoms with E-state index in [9.17, 15) is 0 Å². The fraction of sp³-hybridized carbons (Fsp3) is 0.444. The molecule has 0 aliphatic carbocycles. The Morgan fingerprint density at radius 3 is 2.75 bits per heavy atom. The largest absolute Gasteiger partial charge is 0.343 e. The first-order valence-electron chi connectivity index (χ1n) is 7.52. The summed E-state index contributed by atoms with van der Waals surface area (Å²) in [7, 11) is 0. The molecule has 1 heterocycles. The molecule has 0 aliphatic heterocycles. The highest BCUT2D eigenvalue weighted by molar-refractivity contribution is 5.84. The standard InChI is InChI=1S/C18H26N2/c1-14(2)12-20-13-16(8-7-11-19-15(3)4)17-9-5-6-10-18(17)20/h5-6,9-10,13,15,19H,1,7-8,11-12H2,2-4H3. The van der Waals surface area contributed by atoms with Gasteiger partial charge in [0, 0.05) is 29.7 Å². The predicted octanol–water partition coefficient (Wildman–Crippen LogP) is 4.15. The molecule has 0 saturated carbocycles. The molecule has 0 bridgehead atoms. The third-order valence-corrected chi connectivity index (χ3v) is 3.49. The van der Waals surface area contributed by atoms with Crippen LogP contribution in [0.15, 0.2) is 42.6 Å². The number of aryl methyl sites for hydroxylation is 1. The number of hydrogen-bond donors (Lipinski definition) is 1. The summed E-state index contributed by atoms with van der Waals surface area (Å²) in [5, 5.41) is 4.87. The number of benzene rings is 1. The van der Waals surface area contributed by atoms with Crippen LogP contribution >= 0.6 is 0 Å². The van der Waals surface area contributed by atoms with E-state index in [1.807, 2.05) is 0 Å². The van der Waals surface area contributed by atoms with Gasteiger partial charge in [-0.1, -0.05) is 44.2 Å². The second kappa shape index (κ2) is 6.76. The molecule has 1 aromatic carbocycles. The van der Waals surface area contributed by atoms with Gasteiger partial charge in [0.1, 0.15) is 0 Å². The van der Waals surface area contributed by atoms with Gasteiger partial charge in [0.25, 0.3) is 0 Å². The van der Waals surface area contributed by atoms with Crippen LogP contribution in [0.25, 0.3) is 10.9 Å². The summed E-state index contributed by atoms with van der Waals surface area (Å²) in [6.45, 7) is 12.5. The van der Waals surface area contributed by atoms with Crippen LogP contribution in [0, 0.1) is 0 Å². The smallest absolute Gasteiger partial charge is 0.0486 e. The number of hydrogen-bond acceptors (Lipinski definition) is 1. The molecule has 0 amide bonds. The van der Waals surface area contributed by atoms with Crippen LogP contribution in [0.3, 0.4) is 0 Å². The van der Waals surface area contributed by atoms with Gasteiger partial charge in [-0.2, -0.15) is 0 Å². The fourth-order valence-electron chi connectivity index (χ4n) is 2.61. The van der Waals surface area contributed by atoms with E-state index in [1.165, 1.54) is 28.5 Å². The number of nitrogens with one attached hydrogen (secondary N) is 1. The lowest BCUT2D eigenvalue weighted by Gasteiger charge is -2.07. The van der Waals surface area contributed by atoms with Crippen molar-refractivity contribution in [2.45, 2.75) is 46.2 Å². The first kappa shape index (κ1) is 14.9. The zero-order valence-corrected chi connectivity index (χ0v) is 12.9. The van der Waals surface area contributed by atoms with Gasteiger partial charge in [-0.15, -0.1) is 0 Å². The normalized spacial score (nSPS) is 11.4. The van der Waals surface area contributed by atoms with Crippen molar-refractivity contribution >= 4 is 10.9 Å². The van der Waals surface area contributed by atoms with Crippen molar-refractivity contribution in [2.75, 3.05) is 6.54 Å². The molecule has 2 rings (SSSR count). The van der Waals surface area contributed by atoms with Crippen LogP contribution in [0.2, 0.25) is 0 Å². The Balaban J connectivity index is 2.14. The van der Waals surface area contributed by atoms with Crippen molar-refractivity contribution in [1.29, 1.82) is 0 Å². The molecule has 0 aliphatic rings. The highest BCUT2D eigenvalue weighted by Crippen LogP contribution is 2.23. The van der Waals surface area contributed by atoms with Crippen molar-refractivity contribution in [2.24, 2.45) is 0 Å². The third kappa shape index (κ3) is 3.73. The molecule has 0 spiro atoms. The highest BCUT2D eigenvalue weighted by atomic mass is 15.0. The molecule has 108 valence electrons. The lowest BCUT2D eigenvalue weighted by molar-refractivity contribution is 0.571. The Labute approximate surface area is 122 Å². The average molecular weight is 270 g/mol. The van der Waals surface area contributed by atoms with E-state index in [4.69, 9.17) is 0 Å². The third-order valence-electron chi connectivity index (χ3n) is 3.49. The Morgan fingerprint density at radius 1 is 1.30 bits per heavy atom. The summed E-state index contributed by atoms with van der Waals surface area (Å²) < 4.78 is 2.32. The van der Waals surface area contributed by atoms with E-state index in [2.05, 4.69) is 67.7 Å². The Morgan fingerprint density at radius 2 is 2.05 bits per heavy atom. The van der Waals surface area contributed by atoms with Crippen molar-refractivity contribution < 1.29 is 0 Å². The first-order chi connectivity index (χ1) is 9.58. The molecule has 2 nitrogen and oxygen atoms in total. The zero-order valence-electron chi connectivity index (χ0n) is 12.9. The number of nitrogens with zero attached hydrogens (tertiary/aromatic N) is 1.